The maximum atomic E-state index is 12.2. The van der Waals surface area contributed by atoms with Crippen LogP contribution in [0.5, 0.6) is 5.75 Å². The van der Waals surface area contributed by atoms with Crippen LogP contribution in [-0.2, 0) is 4.79 Å². The number of carboxylic acids is 1. The summed E-state index contributed by atoms with van der Waals surface area (Å²) >= 11 is 0. The summed E-state index contributed by atoms with van der Waals surface area (Å²) in [6.45, 7) is 1.25. The minimum atomic E-state index is -1.00. The van der Waals surface area contributed by atoms with Gasteiger partial charge in [0.2, 0.25) is 5.91 Å². The van der Waals surface area contributed by atoms with Crippen molar-refractivity contribution >= 4 is 28.9 Å². The van der Waals surface area contributed by atoms with Gasteiger partial charge in [0.15, 0.2) is 0 Å². The Kier molecular flexibility index (Phi) is 4.24. The number of nitrogens with one attached hydrogen (secondary N) is 1. The average molecular weight is 327 g/mol. The van der Waals surface area contributed by atoms with Gasteiger partial charge in [-0.05, 0) is 36.4 Å². The van der Waals surface area contributed by atoms with Crippen molar-refractivity contribution < 1.29 is 19.4 Å². The molecule has 24 heavy (non-hydrogen) atoms. The lowest BCUT2D eigenvalue weighted by molar-refractivity contribution is -0.115. The van der Waals surface area contributed by atoms with Crippen molar-refractivity contribution in [3.05, 3.63) is 48.0 Å². The van der Waals surface area contributed by atoms with Crippen LogP contribution in [-0.4, -0.2) is 36.7 Å². The Bertz CT molecular complexity index is 774. The number of rotatable bonds is 4. The van der Waals surface area contributed by atoms with Crippen LogP contribution in [0, 0.1) is 0 Å². The molecule has 0 saturated heterocycles. The number of aromatic carboxylic acids is 1. The lowest BCUT2D eigenvalue weighted by Crippen LogP contribution is -2.38. The van der Waals surface area contributed by atoms with Crippen molar-refractivity contribution in [3.63, 3.8) is 0 Å². The first kappa shape index (κ1) is 15.7. The smallest absolute Gasteiger partial charge is 0.335 e. The molecule has 7 heteroatoms. The van der Waals surface area contributed by atoms with Crippen LogP contribution in [0.3, 0.4) is 0 Å². The van der Waals surface area contributed by atoms with E-state index in [-0.39, 0.29) is 18.0 Å². The molecule has 2 aromatic carbocycles. The minimum Gasteiger partial charge on any atom is -0.489 e. The summed E-state index contributed by atoms with van der Waals surface area (Å²) in [5.74, 6) is -0.528. The standard InChI is InChI=1S/C17H17N3O4/c18-12-3-6-14-15(9-12)24-8-7-20(14)10-16(21)19-13-4-1-11(2-5-13)17(22)23/h1-6,9H,7-8,10,18H2,(H,19,21)(H,22,23). The number of ether oxygens (including phenoxy) is 1. The van der Waals surface area contributed by atoms with Gasteiger partial charge in [-0.3, -0.25) is 4.79 Å². The fourth-order valence-corrected chi connectivity index (χ4v) is 2.53. The third-order valence-electron chi connectivity index (χ3n) is 3.69. The molecule has 1 aliphatic rings. The monoisotopic (exact) mass is 327 g/mol. The number of carboxylic acid groups (broad SMARTS) is 1. The largest absolute Gasteiger partial charge is 0.489 e. The molecule has 1 amide bonds. The maximum absolute atomic E-state index is 12.2. The van der Waals surface area contributed by atoms with E-state index in [0.29, 0.717) is 30.3 Å². The van der Waals surface area contributed by atoms with E-state index in [9.17, 15) is 9.59 Å². The summed E-state index contributed by atoms with van der Waals surface area (Å²) in [4.78, 5) is 25.0. The molecule has 0 atom stereocenters. The number of nitrogen functional groups attached to an aromatic ring is 1. The van der Waals surface area contributed by atoms with Crippen molar-refractivity contribution in [2.45, 2.75) is 0 Å². The van der Waals surface area contributed by atoms with Gasteiger partial charge in [0.1, 0.15) is 12.4 Å². The number of fused-ring (bicyclic) bond motifs is 1. The SMILES string of the molecule is Nc1ccc2c(c1)OCCN2CC(=O)Nc1ccc(C(=O)O)cc1. The Hall–Kier alpha value is -3.22. The van der Waals surface area contributed by atoms with Crippen LogP contribution >= 0.6 is 0 Å². The lowest BCUT2D eigenvalue weighted by Gasteiger charge is -2.30. The summed E-state index contributed by atoms with van der Waals surface area (Å²) < 4.78 is 5.56. The van der Waals surface area contributed by atoms with E-state index in [1.807, 2.05) is 11.0 Å². The predicted octanol–water partition coefficient (Wildman–Crippen LogP) is 1.80. The molecule has 1 heterocycles. The normalized spacial score (nSPS) is 12.9. The molecule has 7 nitrogen and oxygen atoms in total. The van der Waals surface area contributed by atoms with Crippen LogP contribution in [0.4, 0.5) is 17.1 Å². The van der Waals surface area contributed by atoms with Crippen LogP contribution in [0.15, 0.2) is 42.5 Å². The quantitative estimate of drug-likeness (QED) is 0.740. The summed E-state index contributed by atoms with van der Waals surface area (Å²) in [6.07, 6.45) is 0. The molecule has 124 valence electrons. The van der Waals surface area contributed by atoms with E-state index in [1.165, 1.54) is 12.1 Å². The van der Waals surface area contributed by atoms with E-state index >= 15 is 0 Å². The van der Waals surface area contributed by atoms with Crippen LogP contribution in [0.25, 0.3) is 0 Å². The molecule has 0 saturated carbocycles. The highest BCUT2D eigenvalue weighted by atomic mass is 16.5. The highest BCUT2D eigenvalue weighted by Gasteiger charge is 2.20. The second kappa shape index (κ2) is 6.49. The van der Waals surface area contributed by atoms with Gasteiger partial charge in [0.05, 0.1) is 24.3 Å². The first-order chi connectivity index (χ1) is 11.5. The third-order valence-corrected chi connectivity index (χ3v) is 3.69. The molecule has 0 aliphatic carbocycles. The molecule has 3 rings (SSSR count). The molecular weight excluding hydrogens is 310 g/mol. The molecule has 0 spiro atoms. The molecular formula is C17H17N3O4. The number of hydrogen-bond acceptors (Lipinski definition) is 5. The van der Waals surface area contributed by atoms with Crippen LogP contribution in [0.1, 0.15) is 10.4 Å². The average Bonchev–Trinajstić information content (AvgIpc) is 2.55. The van der Waals surface area contributed by atoms with E-state index < -0.39 is 5.97 Å². The highest BCUT2D eigenvalue weighted by molar-refractivity contribution is 5.95. The number of hydrogen-bond donors (Lipinski definition) is 3. The Morgan fingerprint density at radius 1 is 1.21 bits per heavy atom. The van der Waals surface area contributed by atoms with E-state index in [4.69, 9.17) is 15.6 Å². The van der Waals surface area contributed by atoms with Crippen LogP contribution < -0.4 is 20.7 Å². The second-order valence-corrected chi connectivity index (χ2v) is 5.43. The number of amides is 1. The van der Waals surface area contributed by atoms with Gasteiger partial charge in [-0.1, -0.05) is 0 Å². The first-order valence-corrected chi connectivity index (χ1v) is 7.43. The highest BCUT2D eigenvalue weighted by Crippen LogP contribution is 2.33. The number of carbonyl (C=O) groups is 2. The molecule has 1 aliphatic heterocycles. The van der Waals surface area contributed by atoms with Gasteiger partial charge in [0, 0.05) is 17.4 Å². The molecule has 0 bridgehead atoms. The van der Waals surface area contributed by atoms with E-state index in [2.05, 4.69) is 5.32 Å². The Balaban J connectivity index is 1.66. The minimum absolute atomic E-state index is 0.168. The molecule has 0 unspecified atom stereocenters. The lowest BCUT2D eigenvalue weighted by atomic mass is 10.2. The molecule has 0 radical (unpaired) electrons. The van der Waals surface area contributed by atoms with Crippen molar-refractivity contribution in [3.8, 4) is 5.75 Å². The van der Waals surface area contributed by atoms with Gasteiger partial charge in [0.25, 0.3) is 0 Å². The zero-order chi connectivity index (χ0) is 17.1. The first-order valence-electron chi connectivity index (χ1n) is 7.43. The van der Waals surface area contributed by atoms with E-state index in [1.54, 1.807) is 24.3 Å². The number of carbonyl (C=O) groups excluding carboxylic acids is 1. The van der Waals surface area contributed by atoms with Gasteiger partial charge in [-0.15, -0.1) is 0 Å². The Morgan fingerprint density at radius 2 is 1.96 bits per heavy atom. The summed E-state index contributed by atoms with van der Waals surface area (Å²) in [5, 5.41) is 11.6. The molecule has 4 N–H and O–H groups in total. The predicted molar refractivity (Wildman–Crippen MR) is 90.6 cm³/mol. The van der Waals surface area contributed by atoms with Crippen molar-refractivity contribution in [1.82, 2.24) is 0 Å². The topological polar surface area (TPSA) is 105 Å². The maximum Gasteiger partial charge on any atom is 0.335 e. The van der Waals surface area contributed by atoms with Gasteiger partial charge in [-0.25, -0.2) is 4.79 Å². The molecule has 0 fully saturated rings. The zero-order valence-electron chi connectivity index (χ0n) is 12.9. The Labute approximate surface area is 138 Å². The fourth-order valence-electron chi connectivity index (χ4n) is 2.53. The van der Waals surface area contributed by atoms with Crippen LogP contribution in [0.2, 0.25) is 0 Å². The number of anilines is 3. The van der Waals surface area contributed by atoms with Gasteiger partial charge >= 0.3 is 5.97 Å². The van der Waals surface area contributed by atoms with Crippen molar-refractivity contribution in [2.24, 2.45) is 0 Å². The summed E-state index contributed by atoms with van der Waals surface area (Å²) in [6, 6.07) is 11.4. The molecule has 2 aromatic rings. The number of nitrogens with two attached hydrogens (primary N) is 1. The summed E-state index contributed by atoms with van der Waals surface area (Å²) in [7, 11) is 0. The number of benzene rings is 2. The molecule has 0 aromatic heterocycles. The zero-order valence-corrected chi connectivity index (χ0v) is 12.9. The van der Waals surface area contributed by atoms with Gasteiger partial charge in [-0.2, -0.15) is 0 Å². The fraction of sp³-hybridized carbons (Fsp3) is 0.176. The van der Waals surface area contributed by atoms with Crippen molar-refractivity contribution in [1.29, 1.82) is 0 Å². The number of nitrogens with zero attached hydrogens (tertiary/aromatic N) is 1. The Morgan fingerprint density at radius 3 is 2.67 bits per heavy atom. The van der Waals surface area contributed by atoms with E-state index in [0.717, 1.165) is 5.69 Å². The second-order valence-electron chi connectivity index (χ2n) is 5.43. The third kappa shape index (κ3) is 3.40. The van der Waals surface area contributed by atoms with Crippen molar-refractivity contribution in [2.75, 3.05) is 35.6 Å². The summed E-state index contributed by atoms with van der Waals surface area (Å²) in [5.41, 5.74) is 7.91. The van der Waals surface area contributed by atoms with Gasteiger partial charge < -0.3 is 25.8 Å².